The van der Waals surface area contributed by atoms with Gasteiger partial charge in [-0.1, -0.05) is 6.58 Å². The monoisotopic (exact) mass is 188 g/mol. The zero-order valence-electron chi connectivity index (χ0n) is 8.89. The van der Waals surface area contributed by atoms with Crippen molar-refractivity contribution in [3.8, 4) is 0 Å². The Balaban J connectivity index is 2.52. The molecule has 0 aromatic rings. The predicted octanol–water partition coefficient (Wildman–Crippen LogP) is 3.03. The summed E-state index contributed by atoms with van der Waals surface area (Å²) in [4.78, 5) is 11.5. The Morgan fingerprint density at radius 1 is 1.29 bits per heavy atom. The molecule has 1 heteroatoms. The molecule has 0 aliphatic heterocycles. The third kappa shape index (κ3) is 1.20. The third-order valence-corrected chi connectivity index (χ3v) is 3.59. The molecule has 0 radical (unpaired) electrons. The van der Waals surface area contributed by atoms with Crippen LogP contribution in [0.2, 0.25) is 0 Å². The standard InChI is InChI=1S/C13H16O/c1-4-8(2)12-10-5-6-11(7-10)13(12)9(3)14/h10-11H,1,5-7H2,2-3H3. The lowest BCUT2D eigenvalue weighted by atomic mass is 9.86. The first-order valence-electron chi connectivity index (χ1n) is 5.27. The SMILES string of the molecule is C=C=C(C)C1=C(C(C)=O)C2CCC1C2. The van der Waals surface area contributed by atoms with Crippen molar-refractivity contribution in [3.63, 3.8) is 0 Å². The molecule has 1 nitrogen and oxygen atoms in total. The summed E-state index contributed by atoms with van der Waals surface area (Å²) in [5, 5.41) is 0. The molecule has 0 saturated heterocycles. The van der Waals surface area contributed by atoms with Gasteiger partial charge in [0, 0.05) is 5.57 Å². The highest BCUT2D eigenvalue weighted by Gasteiger charge is 2.40. The van der Waals surface area contributed by atoms with E-state index < -0.39 is 0 Å². The van der Waals surface area contributed by atoms with Crippen molar-refractivity contribution >= 4 is 5.78 Å². The molecule has 2 bridgehead atoms. The van der Waals surface area contributed by atoms with E-state index in [9.17, 15) is 4.79 Å². The molecule has 0 N–H and O–H groups in total. The summed E-state index contributed by atoms with van der Waals surface area (Å²) in [5.41, 5.74) is 6.36. The van der Waals surface area contributed by atoms with Crippen molar-refractivity contribution in [1.29, 1.82) is 0 Å². The van der Waals surface area contributed by atoms with Gasteiger partial charge in [0.25, 0.3) is 0 Å². The summed E-state index contributed by atoms with van der Waals surface area (Å²) in [6, 6.07) is 0. The van der Waals surface area contributed by atoms with Crippen LogP contribution in [0.25, 0.3) is 0 Å². The summed E-state index contributed by atoms with van der Waals surface area (Å²) in [6.45, 7) is 7.38. The molecule has 0 aromatic carbocycles. The maximum Gasteiger partial charge on any atom is 0.156 e. The number of carbonyl (C=O) groups is 1. The second kappa shape index (κ2) is 3.25. The van der Waals surface area contributed by atoms with Crippen LogP contribution in [-0.4, -0.2) is 5.78 Å². The molecule has 2 aliphatic rings. The lowest BCUT2D eigenvalue weighted by Gasteiger charge is -2.17. The summed E-state index contributed by atoms with van der Waals surface area (Å²) < 4.78 is 0. The molecule has 2 unspecified atom stereocenters. The first-order valence-corrected chi connectivity index (χ1v) is 5.27. The highest BCUT2D eigenvalue weighted by atomic mass is 16.1. The lowest BCUT2D eigenvalue weighted by Crippen LogP contribution is -2.10. The zero-order valence-corrected chi connectivity index (χ0v) is 8.89. The normalized spacial score (nSPS) is 29.3. The van der Waals surface area contributed by atoms with E-state index in [0.717, 1.165) is 11.1 Å². The van der Waals surface area contributed by atoms with Crippen LogP contribution >= 0.6 is 0 Å². The molecule has 0 aromatic heterocycles. The van der Waals surface area contributed by atoms with Gasteiger partial charge in [0.1, 0.15) is 0 Å². The molecule has 2 rings (SSSR count). The molecule has 2 aliphatic carbocycles. The topological polar surface area (TPSA) is 17.1 Å². The van der Waals surface area contributed by atoms with E-state index >= 15 is 0 Å². The second-order valence-electron chi connectivity index (χ2n) is 4.39. The molecule has 1 fully saturated rings. The molecule has 14 heavy (non-hydrogen) atoms. The van der Waals surface area contributed by atoms with Crippen molar-refractivity contribution in [1.82, 2.24) is 0 Å². The average molecular weight is 188 g/mol. The van der Waals surface area contributed by atoms with Gasteiger partial charge in [-0.25, -0.2) is 0 Å². The first-order chi connectivity index (χ1) is 6.65. The molecular weight excluding hydrogens is 172 g/mol. The third-order valence-electron chi connectivity index (χ3n) is 3.59. The molecule has 1 saturated carbocycles. The maximum atomic E-state index is 11.5. The van der Waals surface area contributed by atoms with Gasteiger partial charge in [-0.05, 0) is 56.1 Å². The van der Waals surface area contributed by atoms with Crippen LogP contribution in [0, 0.1) is 11.8 Å². The minimum absolute atomic E-state index is 0.252. The molecule has 0 amide bonds. The van der Waals surface area contributed by atoms with Crippen LogP contribution in [0.3, 0.4) is 0 Å². The van der Waals surface area contributed by atoms with Crippen molar-refractivity contribution < 1.29 is 4.79 Å². The largest absolute Gasteiger partial charge is 0.295 e. The first kappa shape index (κ1) is 9.48. The molecule has 0 spiro atoms. The van der Waals surface area contributed by atoms with Gasteiger partial charge in [0.2, 0.25) is 0 Å². The fourth-order valence-corrected chi connectivity index (χ4v) is 3.03. The second-order valence-corrected chi connectivity index (χ2v) is 4.39. The van der Waals surface area contributed by atoms with Gasteiger partial charge >= 0.3 is 0 Å². The molecule has 74 valence electrons. The summed E-state index contributed by atoms with van der Waals surface area (Å²) in [7, 11) is 0. The van der Waals surface area contributed by atoms with Crippen LogP contribution in [0.5, 0.6) is 0 Å². The van der Waals surface area contributed by atoms with Crippen LogP contribution in [0.1, 0.15) is 33.1 Å². The van der Waals surface area contributed by atoms with Crippen molar-refractivity contribution in [2.24, 2.45) is 11.8 Å². The van der Waals surface area contributed by atoms with Crippen LogP contribution in [-0.2, 0) is 4.79 Å². The van der Waals surface area contributed by atoms with E-state index in [2.05, 4.69) is 12.3 Å². The van der Waals surface area contributed by atoms with E-state index in [1.165, 1.54) is 24.8 Å². The Morgan fingerprint density at radius 2 is 1.86 bits per heavy atom. The highest BCUT2D eigenvalue weighted by molar-refractivity contribution is 5.96. The quantitative estimate of drug-likeness (QED) is 0.609. The summed E-state index contributed by atoms with van der Waals surface area (Å²) in [5.74, 6) is 1.41. The number of Topliss-reactive ketones (excluding diaryl/α,β-unsaturated/α-hetero) is 1. The number of fused-ring (bicyclic) bond motifs is 2. The summed E-state index contributed by atoms with van der Waals surface area (Å²) in [6.07, 6.45) is 3.63. The van der Waals surface area contributed by atoms with Crippen molar-refractivity contribution in [3.05, 3.63) is 29.0 Å². The van der Waals surface area contributed by atoms with Gasteiger partial charge in [0.15, 0.2) is 5.78 Å². The van der Waals surface area contributed by atoms with Crippen LogP contribution in [0.15, 0.2) is 29.0 Å². The number of carbonyl (C=O) groups excluding carboxylic acids is 1. The maximum absolute atomic E-state index is 11.5. The Kier molecular flexibility index (Phi) is 2.20. The van der Waals surface area contributed by atoms with Crippen LogP contribution < -0.4 is 0 Å². The summed E-state index contributed by atoms with van der Waals surface area (Å²) >= 11 is 0. The molecule has 0 heterocycles. The lowest BCUT2D eigenvalue weighted by molar-refractivity contribution is -0.114. The highest BCUT2D eigenvalue weighted by Crippen LogP contribution is 2.50. The van der Waals surface area contributed by atoms with Gasteiger partial charge in [0.05, 0.1) is 0 Å². The minimum Gasteiger partial charge on any atom is -0.295 e. The van der Waals surface area contributed by atoms with E-state index in [0.29, 0.717) is 11.8 Å². The van der Waals surface area contributed by atoms with Gasteiger partial charge in [-0.3, -0.25) is 4.79 Å². The number of rotatable bonds is 2. The van der Waals surface area contributed by atoms with Gasteiger partial charge in [-0.15, -0.1) is 5.73 Å². The number of ketones is 1. The van der Waals surface area contributed by atoms with E-state index in [1.807, 2.05) is 6.92 Å². The molecular formula is C13H16O. The van der Waals surface area contributed by atoms with Crippen LogP contribution in [0.4, 0.5) is 0 Å². The number of allylic oxidation sites excluding steroid dienone is 3. The van der Waals surface area contributed by atoms with E-state index in [4.69, 9.17) is 0 Å². The average Bonchev–Trinajstić information content (AvgIpc) is 2.74. The van der Waals surface area contributed by atoms with Crippen molar-refractivity contribution in [2.45, 2.75) is 33.1 Å². The van der Waals surface area contributed by atoms with Gasteiger partial charge < -0.3 is 0 Å². The zero-order chi connectivity index (χ0) is 10.3. The smallest absolute Gasteiger partial charge is 0.156 e. The predicted molar refractivity (Wildman–Crippen MR) is 56.9 cm³/mol. The Bertz CT molecular complexity index is 367. The fourth-order valence-electron chi connectivity index (χ4n) is 3.03. The van der Waals surface area contributed by atoms with E-state index in [1.54, 1.807) is 6.92 Å². The Hall–Kier alpha value is -1.07. The molecule has 2 atom stereocenters. The van der Waals surface area contributed by atoms with Gasteiger partial charge in [-0.2, -0.15) is 0 Å². The van der Waals surface area contributed by atoms with E-state index in [-0.39, 0.29) is 5.78 Å². The fraction of sp³-hybridized carbons (Fsp3) is 0.538. The number of hydrogen-bond acceptors (Lipinski definition) is 1. The minimum atomic E-state index is 0.252. The van der Waals surface area contributed by atoms with Crippen molar-refractivity contribution in [2.75, 3.05) is 0 Å². The number of hydrogen-bond donors (Lipinski definition) is 0. The Morgan fingerprint density at radius 3 is 2.36 bits per heavy atom. The Labute approximate surface area is 85.2 Å².